The second-order valence-electron chi connectivity index (χ2n) is 4.41. The molecule has 6 heteroatoms. The van der Waals surface area contributed by atoms with E-state index < -0.39 is 11.0 Å². The van der Waals surface area contributed by atoms with Crippen molar-refractivity contribution in [3.63, 3.8) is 0 Å². The standard InChI is InChI=1S/C14H14N2O4/c1-9-7-12(16(18)19)4-5-13(9)20-14-6-3-11(8-15-14)10(2)17/h3-8,10,17H,1-2H3/t10-/m1/s1. The number of aliphatic hydroxyl groups is 1. The monoisotopic (exact) mass is 274 g/mol. The third kappa shape index (κ3) is 3.10. The van der Waals surface area contributed by atoms with E-state index in [4.69, 9.17) is 4.74 Å². The molecule has 1 aromatic heterocycles. The molecule has 1 N–H and O–H groups in total. The smallest absolute Gasteiger partial charge is 0.269 e. The molecule has 0 aliphatic carbocycles. The summed E-state index contributed by atoms with van der Waals surface area (Å²) in [6.07, 6.45) is 0.943. The molecule has 0 fully saturated rings. The third-order valence-electron chi connectivity index (χ3n) is 2.83. The molecule has 0 unspecified atom stereocenters. The van der Waals surface area contributed by atoms with Crippen LogP contribution in [0.15, 0.2) is 36.5 Å². The van der Waals surface area contributed by atoms with E-state index in [1.165, 1.54) is 24.4 Å². The molecule has 104 valence electrons. The van der Waals surface area contributed by atoms with Crippen molar-refractivity contribution in [3.8, 4) is 11.6 Å². The highest BCUT2D eigenvalue weighted by atomic mass is 16.6. The minimum absolute atomic E-state index is 0.0206. The molecule has 0 saturated carbocycles. The fourth-order valence-electron chi connectivity index (χ4n) is 1.67. The van der Waals surface area contributed by atoms with Gasteiger partial charge in [0.15, 0.2) is 0 Å². The maximum atomic E-state index is 10.7. The van der Waals surface area contributed by atoms with Crippen LogP contribution in [0.1, 0.15) is 24.2 Å². The minimum Gasteiger partial charge on any atom is -0.439 e. The Labute approximate surface area is 115 Å². The van der Waals surface area contributed by atoms with Crippen LogP contribution in [0.2, 0.25) is 0 Å². The molecule has 0 saturated heterocycles. The average molecular weight is 274 g/mol. The van der Waals surface area contributed by atoms with Gasteiger partial charge in [0.25, 0.3) is 5.69 Å². The van der Waals surface area contributed by atoms with Crippen molar-refractivity contribution < 1.29 is 14.8 Å². The van der Waals surface area contributed by atoms with E-state index in [1.54, 1.807) is 26.0 Å². The van der Waals surface area contributed by atoms with E-state index >= 15 is 0 Å². The first-order valence-corrected chi connectivity index (χ1v) is 6.04. The second kappa shape index (κ2) is 5.66. The van der Waals surface area contributed by atoms with Crippen LogP contribution in [0.3, 0.4) is 0 Å². The summed E-state index contributed by atoms with van der Waals surface area (Å²) in [5.41, 5.74) is 1.37. The first kappa shape index (κ1) is 14.0. The van der Waals surface area contributed by atoms with Crippen molar-refractivity contribution in [2.75, 3.05) is 0 Å². The molecular weight excluding hydrogens is 260 g/mol. The Bertz CT molecular complexity index is 624. The van der Waals surface area contributed by atoms with Crippen LogP contribution in [0, 0.1) is 17.0 Å². The summed E-state index contributed by atoms with van der Waals surface area (Å²) >= 11 is 0. The van der Waals surface area contributed by atoms with E-state index in [1.807, 2.05) is 0 Å². The summed E-state index contributed by atoms with van der Waals surface area (Å²) in [6, 6.07) is 7.72. The lowest BCUT2D eigenvalue weighted by Gasteiger charge is -2.09. The number of aromatic nitrogens is 1. The van der Waals surface area contributed by atoms with Crippen molar-refractivity contribution in [2.45, 2.75) is 20.0 Å². The molecule has 6 nitrogen and oxygen atoms in total. The van der Waals surface area contributed by atoms with E-state index in [0.717, 1.165) is 0 Å². The Kier molecular flexibility index (Phi) is 3.95. The van der Waals surface area contributed by atoms with Crippen LogP contribution >= 0.6 is 0 Å². The topological polar surface area (TPSA) is 85.5 Å². The SMILES string of the molecule is Cc1cc([N+](=O)[O-])ccc1Oc1ccc([C@@H](C)O)cn1. The van der Waals surface area contributed by atoms with Gasteiger partial charge in [-0.05, 0) is 37.1 Å². The van der Waals surface area contributed by atoms with E-state index in [0.29, 0.717) is 22.8 Å². The minimum atomic E-state index is -0.585. The van der Waals surface area contributed by atoms with Gasteiger partial charge in [-0.15, -0.1) is 0 Å². The highest BCUT2D eigenvalue weighted by Crippen LogP contribution is 2.27. The summed E-state index contributed by atoms with van der Waals surface area (Å²) in [5.74, 6) is 0.874. The number of hydrogen-bond donors (Lipinski definition) is 1. The van der Waals surface area contributed by atoms with E-state index in [9.17, 15) is 15.2 Å². The number of aliphatic hydroxyl groups excluding tert-OH is 1. The number of benzene rings is 1. The Morgan fingerprint density at radius 1 is 1.35 bits per heavy atom. The van der Waals surface area contributed by atoms with Gasteiger partial charge in [0.2, 0.25) is 5.88 Å². The zero-order chi connectivity index (χ0) is 14.7. The first-order chi connectivity index (χ1) is 9.47. The number of rotatable bonds is 4. The van der Waals surface area contributed by atoms with Crippen LogP contribution < -0.4 is 4.74 Å². The summed E-state index contributed by atoms with van der Waals surface area (Å²) < 4.78 is 5.56. The molecule has 1 heterocycles. The largest absolute Gasteiger partial charge is 0.439 e. The number of aryl methyl sites for hydroxylation is 1. The summed E-state index contributed by atoms with van der Waals surface area (Å²) in [7, 11) is 0. The van der Waals surface area contributed by atoms with Crippen molar-refractivity contribution in [1.82, 2.24) is 4.98 Å². The fraction of sp³-hybridized carbons (Fsp3) is 0.214. The number of non-ortho nitro benzene ring substituents is 1. The number of ether oxygens (including phenoxy) is 1. The first-order valence-electron chi connectivity index (χ1n) is 6.04. The van der Waals surface area contributed by atoms with Crippen LogP contribution in [-0.4, -0.2) is 15.0 Å². The average Bonchev–Trinajstić information content (AvgIpc) is 2.41. The van der Waals surface area contributed by atoms with Crippen LogP contribution in [0.5, 0.6) is 11.6 Å². The fourth-order valence-corrected chi connectivity index (χ4v) is 1.67. The number of nitro groups is 1. The summed E-state index contributed by atoms with van der Waals surface area (Å²) in [5, 5.41) is 20.0. The summed E-state index contributed by atoms with van der Waals surface area (Å²) in [4.78, 5) is 14.3. The Morgan fingerprint density at radius 3 is 2.60 bits per heavy atom. The summed E-state index contributed by atoms with van der Waals surface area (Å²) in [6.45, 7) is 3.38. The van der Waals surface area contributed by atoms with Gasteiger partial charge in [0, 0.05) is 24.4 Å². The van der Waals surface area contributed by atoms with Gasteiger partial charge < -0.3 is 9.84 Å². The molecule has 0 aliphatic heterocycles. The zero-order valence-electron chi connectivity index (χ0n) is 11.1. The molecule has 1 atom stereocenters. The molecule has 0 radical (unpaired) electrons. The van der Waals surface area contributed by atoms with Crippen molar-refractivity contribution in [2.24, 2.45) is 0 Å². The van der Waals surface area contributed by atoms with Crippen LogP contribution in [-0.2, 0) is 0 Å². The van der Waals surface area contributed by atoms with Crippen LogP contribution in [0.25, 0.3) is 0 Å². The lowest BCUT2D eigenvalue weighted by molar-refractivity contribution is -0.384. The molecule has 20 heavy (non-hydrogen) atoms. The van der Waals surface area contributed by atoms with Gasteiger partial charge in [0.05, 0.1) is 11.0 Å². The van der Waals surface area contributed by atoms with Gasteiger partial charge >= 0.3 is 0 Å². The van der Waals surface area contributed by atoms with Crippen LogP contribution in [0.4, 0.5) is 5.69 Å². The number of nitrogens with zero attached hydrogens (tertiary/aromatic N) is 2. The number of nitro benzene ring substituents is 1. The molecule has 0 aliphatic rings. The number of hydrogen-bond acceptors (Lipinski definition) is 5. The highest BCUT2D eigenvalue weighted by Gasteiger charge is 2.10. The Hall–Kier alpha value is -2.47. The van der Waals surface area contributed by atoms with E-state index in [-0.39, 0.29) is 5.69 Å². The van der Waals surface area contributed by atoms with Crippen molar-refractivity contribution in [1.29, 1.82) is 0 Å². The normalized spacial score (nSPS) is 11.9. The predicted octanol–water partition coefficient (Wildman–Crippen LogP) is 3.14. The predicted molar refractivity (Wildman–Crippen MR) is 72.8 cm³/mol. The van der Waals surface area contributed by atoms with Gasteiger partial charge in [-0.3, -0.25) is 10.1 Å². The molecule has 0 amide bonds. The van der Waals surface area contributed by atoms with Gasteiger partial charge in [0.1, 0.15) is 5.75 Å². The Morgan fingerprint density at radius 2 is 2.10 bits per heavy atom. The molecule has 0 spiro atoms. The Balaban J connectivity index is 2.19. The van der Waals surface area contributed by atoms with E-state index in [2.05, 4.69) is 4.98 Å². The maximum absolute atomic E-state index is 10.7. The lowest BCUT2D eigenvalue weighted by atomic mass is 10.2. The third-order valence-corrected chi connectivity index (χ3v) is 2.83. The quantitative estimate of drug-likeness (QED) is 0.683. The number of pyridine rings is 1. The zero-order valence-corrected chi connectivity index (χ0v) is 11.1. The second-order valence-corrected chi connectivity index (χ2v) is 4.41. The van der Waals surface area contributed by atoms with Gasteiger partial charge in [-0.2, -0.15) is 0 Å². The lowest BCUT2D eigenvalue weighted by Crippen LogP contribution is -1.95. The maximum Gasteiger partial charge on any atom is 0.269 e. The molecule has 1 aromatic carbocycles. The highest BCUT2D eigenvalue weighted by molar-refractivity contribution is 5.44. The van der Waals surface area contributed by atoms with Gasteiger partial charge in [-0.1, -0.05) is 0 Å². The molecule has 2 rings (SSSR count). The van der Waals surface area contributed by atoms with Gasteiger partial charge in [-0.25, -0.2) is 4.98 Å². The molecule has 2 aromatic rings. The molecular formula is C14H14N2O4. The van der Waals surface area contributed by atoms with Crippen molar-refractivity contribution in [3.05, 3.63) is 57.8 Å². The molecule has 0 bridgehead atoms. The van der Waals surface area contributed by atoms with Crippen molar-refractivity contribution >= 4 is 5.69 Å².